The number of rotatable bonds is 7. The van der Waals surface area contributed by atoms with Crippen LogP contribution in [0.2, 0.25) is 0 Å². The Labute approximate surface area is 216 Å². The molecule has 0 N–H and O–H groups in total. The van der Waals surface area contributed by atoms with Crippen LogP contribution >= 0.6 is 23.5 Å². The van der Waals surface area contributed by atoms with Gasteiger partial charge in [0.2, 0.25) is 0 Å². The second kappa shape index (κ2) is 11.5. The molecule has 0 atom stereocenters. The van der Waals surface area contributed by atoms with Crippen LogP contribution < -0.4 is 4.90 Å². The van der Waals surface area contributed by atoms with Gasteiger partial charge in [-0.2, -0.15) is 0 Å². The highest BCUT2D eigenvalue weighted by molar-refractivity contribution is 8.18. The van der Waals surface area contributed by atoms with Crippen LogP contribution in [0, 0.1) is 0 Å². The minimum Gasteiger partial charge on any atom is -0.311 e. The molecule has 0 unspecified atom stereocenters. The van der Waals surface area contributed by atoms with E-state index >= 15 is 0 Å². The molecular formula is C31H27NOS2. The average Bonchev–Trinajstić information content (AvgIpc) is 2.94. The molecule has 2 nitrogen and oxygen atoms in total. The molecule has 0 spiro atoms. The molecule has 1 aliphatic rings. The summed E-state index contributed by atoms with van der Waals surface area (Å²) < 4.78 is -0.0267. The number of carbonyl (C=O) groups is 1. The maximum Gasteiger partial charge on any atom is 0.186 e. The van der Waals surface area contributed by atoms with E-state index in [2.05, 4.69) is 77.7 Å². The molecule has 0 saturated carbocycles. The lowest BCUT2D eigenvalue weighted by Crippen LogP contribution is -2.19. The van der Waals surface area contributed by atoms with Crippen LogP contribution in [0.3, 0.4) is 0 Å². The molecule has 1 fully saturated rings. The van der Waals surface area contributed by atoms with Crippen molar-refractivity contribution in [3.05, 3.63) is 126 Å². The maximum atomic E-state index is 13.5. The van der Waals surface area contributed by atoms with E-state index in [0.717, 1.165) is 45.3 Å². The van der Waals surface area contributed by atoms with Crippen molar-refractivity contribution >= 4 is 58.0 Å². The Morgan fingerprint density at radius 1 is 0.657 bits per heavy atom. The Morgan fingerprint density at radius 2 is 1.14 bits per heavy atom. The van der Waals surface area contributed by atoms with Gasteiger partial charge in [-0.05, 0) is 71.5 Å². The van der Waals surface area contributed by atoms with E-state index in [1.165, 1.54) is 6.42 Å². The van der Waals surface area contributed by atoms with Crippen LogP contribution in [-0.4, -0.2) is 21.9 Å². The molecule has 4 aromatic carbocycles. The van der Waals surface area contributed by atoms with E-state index in [4.69, 9.17) is 0 Å². The van der Waals surface area contributed by atoms with E-state index < -0.39 is 0 Å². The zero-order valence-corrected chi connectivity index (χ0v) is 21.1. The van der Waals surface area contributed by atoms with Gasteiger partial charge in [-0.3, -0.25) is 4.79 Å². The van der Waals surface area contributed by atoms with Gasteiger partial charge in [0.05, 0.1) is 0 Å². The largest absolute Gasteiger partial charge is 0.311 e. The first-order valence-electron chi connectivity index (χ1n) is 11.8. The second-order valence-corrected chi connectivity index (χ2v) is 11.0. The van der Waals surface area contributed by atoms with Gasteiger partial charge < -0.3 is 4.90 Å². The third-order valence-corrected chi connectivity index (χ3v) is 8.78. The van der Waals surface area contributed by atoms with Gasteiger partial charge in [0.15, 0.2) is 5.78 Å². The van der Waals surface area contributed by atoms with Crippen LogP contribution in [0.25, 0.3) is 11.6 Å². The van der Waals surface area contributed by atoms with Gasteiger partial charge in [0.1, 0.15) is 4.58 Å². The fraction of sp³-hybridized carbons (Fsp3) is 0.129. The maximum absolute atomic E-state index is 13.5. The topological polar surface area (TPSA) is 20.3 Å². The molecule has 0 bridgehead atoms. The third kappa shape index (κ3) is 5.72. The molecule has 0 aromatic heterocycles. The van der Waals surface area contributed by atoms with Crippen molar-refractivity contribution in [1.82, 2.24) is 0 Å². The number of para-hydroxylation sites is 2. The van der Waals surface area contributed by atoms with Crippen LogP contribution in [0.1, 0.15) is 17.5 Å². The third-order valence-electron chi connectivity index (χ3n) is 5.88. The number of benzene rings is 4. The Bertz CT molecular complexity index is 1230. The highest BCUT2D eigenvalue weighted by atomic mass is 32.2. The van der Waals surface area contributed by atoms with Gasteiger partial charge in [-0.25, -0.2) is 0 Å². The summed E-state index contributed by atoms with van der Waals surface area (Å²) in [6, 6.07) is 39.3. The van der Waals surface area contributed by atoms with Crippen LogP contribution in [0.15, 0.2) is 115 Å². The molecule has 0 amide bonds. The van der Waals surface area contributed by atoms with Crippen molar-refractivity contribution in [1.29, 1.82) is 0 Å². The summed E-state index contributed by atoms with van der Waals surface area (Å²) in [7, 11) is 0. The summed E-state index contributed by atoms with van der Waals surface area (Å²) in [4.78, 5) is 15.8. The van der Waals surface area contributed by atoms with Gasteiger partial charge in [-0.1, -0.05) is 78.9 Å². The van der Waals surface area contributed by atoms with Crippen molar-refractivity contribution in [2.75, 3.05) is 16.4 Å². The zero-order chi connectivity index (χ0) is 23.9. The molecule has 174 valence electrons. The minimum absolute atomic E-state index is 0.0267. The van der Waals surface area contributed by atoms with Crippen molar-refractivity contribution in [3.63, 3.8) is 0 Å². The van der Waals surface area contributed by atoms with E-state index in [-0.39, 0.29) is 10.4 Å². The van der Waals surface area contributed by atoms with Crippen LogP contribution in [0.5, 0.6) is 0 Å². The number of thioether (sulfide) groups is 2. The SMILES string of the molecule is O=C(C(=Cc1ccc(N(c2ccccc2)c2ccccc2)cc1)c1ccccc1)C1SCCCS1. The Morgan fingerprint density at radius 3 is 1.69 bits per heavy atom. The molecule has 4 heteroatoms. The lowest BCUT2D eigenvalue weighted by atomic mass is 9.99. The normalized spacial score (nSPS) is 14.5. The number of nitrogens with zero attached hydrogens (tertiary/aromatic N) is 1. The van der Waals surface area contributed by atoms with Crippen LogP contribution in [0.4, 0.5) is 17.1 Å². The van der Waals surface area contributed by atoms with E-state index in [9.17, 15) is 4.79 Å². The number of carbonyl (C=O) groups excluding carboxylic acids is 1. The molecule has 0 aliphatic carbocycles. The first-order chi connectivity index (χ1) is 17.3. The molecule has 1 heterocycles. The van der Waals surface area contributed by atoms with Gasteiger partial charge in [-0.15, -0.1) is 23.5 Å². The summed E-state index contributed by atoms with van der Waals surface area (Å²) in [5, 5.41) is 0. The Kier molecular flexibility index (Phi) is 7.72. The fourth-order valence-electron chi connectivity index (χ4n) is 4.17. The highest BCUT2D eigenvalue weighted by Gasteiger charge is 2.26. The quantitative estimate of drug-likeness (QED) is 0.190. The van der Waals surface area contributed by atoms with Crippen molar-refractivity contribution in [2.24, 2.45) is 0 Å². The molecule has 5 rings (SSSR count). The van der Waals surface area contributed by atoms with E-state index in [1.54, 1.807) is 23.5 Å². The van der Waals surface area contributed by atoms with E-state index in [0.29, 0.717) is 0 Å². The predicted molar refractivity (Wildman–Crippen MR) is 154 cm³/mol. The van der Waals surface area contributed by atoms with Crippen molar-refractivity contribution in [3.8, 4) is 0 Å². The monoisotopic (exact) mass is 493 g/mol. The molecule has 1 saturated heterocycles. The zero-order valence-electron chi connectivity index (χ0n) is 19.4. The van der Waals surface area contributed by atoms with E-state index in [1.807, 2.05) is 48.5 Å². The average molecular weight is 494 g/mol. The Hall–Kier alpha value is -3.21. The van der Waals surface area contributed by atoms with Gasteiger partial charge >= 0.3 is 0 Å². The number of Topliss-reactive ketones (excluding diaryl/α,β-unsaturated/α-hetero) is 1. The lowest BCUT2D eigenvalue weighted by molar-refractivity contribution is -0.112. The molecular weight excluding hydrogens is 466 g/mol. The summed E-state index contributed by atoms with van der Waals surface area (Å²) in [5.41, 5.74) is 6.07. The molecule has 0 radical (unpaired) electrons. The molecule has 4 aromatic rings. The highest BCUT2D eigenvalue weighted by Crippen LogP contribution is 2.37. The first kappa shape index (κ1) is 23.5. The number of allylic oxidation sites excluding steroid dienone is 1. The fourth-order valence-corrected chi connectivity index (χ4v) is 6.92. The number of anilines is 3. The Balaban J connectivity index is 1.50. The number of ketones is 1. The minimum atomic E-state index is -0.0267. The number of hydrogen-bond donors (Lipinski definition) is 0. The molecule has 35 heavy (non-hydrogen) atoms. The first-order valence-corrected chi connectivity index (χ1v) is 13.9. The molecule has 1 aliphatic heterocycles. The lowest BCUT2D eigenvalue weighted by Gasteiger charge is -2.25. The number of hydrogen-bond acceptors (Lipinski definition) is 4. The predicted octanol–water partition coefficient (Wildman–Crippen LogP) is 8.46. The summed E-state index contributed by atoms with van der Waals surface area (Å²) in [6.07, 6.45) is 3.22. The van der Waals surface area contributed by atoms with Crippen molar-refractivity contribution < 1.29 is 4.79 Å². The van der Waals surface area contributed by atoms with Crippen LogP contribution in [-0.2, 0) is 4.79 Å². The second-order valence-electron chi connectivity index (χ2n) is 8.31. The summed E-state index contributed by atoms with van der Waals surface area (Å²) in [5.74, 6) is 2.31. The summed E-state index contributed by atoms with van der Waals surface area (Å²) >= 11 is 3.54. The smallest absolute Gasteiger partial charge is 0.186 e. The van der Waals surface area contributed by atoms with Gasteiger partial charge in [0, 0.05) is 22.6 Å². The van der Waals surface area contributed by atoms with Gasteiger partial charge in [0.25, 0.3) is 0 Å². The standard InChI is InChI=1S/C31H27NOS2/c33-30(31-34-21-10-22-35-31)29(25-11-4-1-5-12-25)23-24-17-19-28(20-18-24)32(26-13-6-2-7-14-26)27-15-8-3-9-16-27/h1-9,11-20,23,31H,10,21-22H2. The summed E-state index contributed by atoms with van der Waals surface area (Å²) in [6.45, 7) is 0. The van der Waals surface area contributed by atoms with Crippen molar-refractivity contribution in [2.45, 2.75) is 11.0 Å².